The van der Waals surface area contributed by atoms with Crippen LogP contribution in [0.2, 0.25) is 0 Å². The molecule has 3 N–H and O–H groups in total. The highest BCUT2D eigenvalue weighted by atomic mass is 16.2. The Morgan fingerprint density at radius 3 is 2.57 bits per heavy atom. The maximum Gasteiger partial charge on any atom is 0.239 e. The fraction of sp³-hybridized carbons (Fsp3) is 0.900. The van der Waals surface area contributed by atoms with Crippen LogP contribution in [-0.4, -0.2) is 42.5 Å². The third kappa shape index (κ3) is 3.64. The molecule has 1 aliphatic rings. The molecule has 4 heteroatoms. The van der Waals surface area contributed by atoms with Crippen LogP contribution in [-0.2, 0) is 4.79 Å². The van der Waals surface area contributed by atoms with Crippen molar-refractivity contribution < 1.29 is 4.79 Å². The first kappa shape index (κ1) is 11.5. The minimum Gasteiger partial charge on any atom is -0.353 e. The van der Waals surface area contributed by atoms with Gasteiger partial charge in [0.2, 0.25) is 5.91 Å². The lowest BCUT2D eigenvalue weighted by molar-refractivity contribution is -0.125. The summed E-state index contributed by atoms with van der Waals surface area (Å²) < 4.78 is 0. The molecule has 0 aromatic heterocycles. The summed E-state index contributed by atoms with van der Waals surface area (Å²) in [5.74, 6) is -0.0818. The largest absolute Gasteiger partial charge is 0.353 e. The molecule has 1 aliphatic carbocycles. The van der Waals surface area contributed by atoms with Crippen molar-refractivity contribution in [3.8, 4) is 0 Å². The van der Waals surface area contributed by atoms with Crippen LogP contribution in [0.5, 0.6) is 0 Å². The Bertz CT molecular complexity index is 206. The summed E-state index contributed by atoms with van der Waals surface area (Å²) in [4.78, 5) is 13.7. The number of nitrogens with one attached hydrogen (secondary N) is 1. The Kier molecular flexibility index (Phi) is 3.50. The lowest BCUT2D eigenvalue weighted by atomic mass is 10.1. The van der Waals surface area contributed by atoms with Gasteiger partial charge in [0, 0.05) is 19.1 Å². The minimum absolute atomic E-state index is 0.0818. The molecule has 0 heterocycles. The molecule has 0 spiro atoms. The van der Waals surface area contributed by atoms with Crippen molar-refractivity contribution in [2.45, 2.75) is 38.3 Å². The predicted molar refractivity (Wildman–Crippen MR) is 56.9 cm³/mol. The van der Waals surface area contributed by atoms with Gasteiger partial charge in [-0.3, -0.25) is 4.79 Å². The lowest BCUT2D eigenvalue weighted by Gasteiger charge is -2.20. The predicted octanol–water partition coefficient (Wildman–Crippen LogP) is -0.0659. The molecule has 0 radical (unpaired) electrons. The van der Waals surface area contributed by atoms with E-state index in [0.29, 0.717) is 6.54 Å². The molecule has 0 aromatic rings. The van der Waals surface area contributed by atoms with E-state index in [1.165, 1.54) is 12.8 Å². The number of nitrogens with two attached hydrogens (primary N) is 1. The number of amides is 1. The summed E-state index contributed by atoms with van der Waals surface area (Å²) in [6, 6.07) is 0.748. The highest BCUT2D eigenvalue weighted by molar-refractivity contribution is 5.84. The van der Waals surface area contributed by atoms with Crippen LogP contribution < -0.4 is 11.1 Å². The number of likely N-dealkylation sites (N-methyl/N-ethyl adjacent to an activating group) is 1. The minimum atomic E-state index is -0.766. The highest BCUT2D eigenvalue weighted by Crippen LogP contribution is 2.24. The lowest BCUT2D eigenvalue weighted by Crippen LogP contribution is -2.50. The fourth-order valence-corrected chi connectivity index (χ4v) is 1.27. The van der Waals surface area contributed by atoms with Crippen LogP contribution in [0.25, 0.3) is 0 Å². The third-order valence-electron chi connectivity index (χ3n) is 2.51. The first-order chi connectivity index (χ1) is 6.41. The molecule has 0 unspecified atom stereocenters. The van der Waals surface area contributed by atoms with Gasteiger partial charge in [0.05, 0.1) is 5.54 Å². The van der Waals surface area contributed by atoms with Gasteiger partial charge in [-0.05, 0) is 33.7 Å². The number of hydrogen-bond acceptors (Lipinski definition) is 3. The summed E-state index contributed by atoms with van der Waals surface area (Å²) in [6.07, 6.45) is 2.60. The van der Waals surface area contributed by atoms with Crippen LogP contribution in [0.1, 0.15) is 26.7 Å². The number of hydrogen-bond donors (Lipinski definition) is 2. The van der Waals surface area contributed by atoms with E-state index in [9.17, 15) is 4.79 Å². The molecule has 0 aliphatic heterocycles. The number of carbonyl (C=O) groups is 1. The molecule has 1 saturated carbocycles. The van der Waals surface area contributed by atoms with Gasteiger partial charge in [0.15, 0.2) is 0 Å². The van der Waals surface area contributed by atoms with E-state index < -0.39 is 5.54 Å². The number of rotatable bonds is 5. The van der Waals surface area contributed by atoms with Crippen molar-refractivity contribution in [1.29, 1.82) is 0 Å². The standard InChI is InChI=1S/C10H21N3O/c1-10(2,11)9(14)12-6-7-13(3)8-4-5-8/h8H,4-7,11H2,1-3H3,(H,12,14). The summed E-state index contributed by atoms with van der Waals surface area (Å²) in [6.45, 7) is 5.03. The van der Waals surface area contributed by atoms with Crippen LogP contribution in [0.15, 0.2) is 0 Å². The van der Waals surface area contributed by atoms with Gasteiger partial charge >= 0.3 is 0 Å². The van der Waals surface area contributed by atoms with Crippen molar-refractivity contribution in [2.75, 3.05) is 20.1 Å². The van der Waals surface area contributed by atoms with Gasteiger partial charge in [-0.1, -0.05) is 0 Å². The summed E-state index contributed by atoms with van der Waals surface area (Å²) in [5, 5.41) is 2.83. The zero-order valence-corrected chi connectivity index (χ0v) is 9.34. The van der Waals surface area contributed by atoms with Crippen molar-refractivity contribution in [2.24, 2.45) is 5.73 Å². The molecule has 4 nitrogen and oxygen atoms in total. The van der Waals surface area contributed by atoms with Gasteiger partial charge in [0.25, 0.3) is 0 Å². The zero-order chi connectivity index (χ0) is 10.8. The molecule has 1 rings (SSSR count). The van der Waals surface area contributed by atoms with Gasteiger partial charge in [-0.15, -0.1) is 0 Å². The Hall–Kier alpha value is -0.610. The van der Waals surface area contributed by atoms with E-state index in [-0.39, 0.29) is 5.91 Å². The SMILES string of the molecule is CN(CCNC(=O)C(C)(C)N)C1CC1. The van der Waals surface area contributed by atoms with Gasteiger partial charge < -0.3 is 16.0 Å². The number of carbonyl (C=O) groups excluding carboxylic acids is 1. The second-order valence-corrected chi connectivity index (χ2v) is 4.69. The smallest absolute Gasteiger partial charge is 0.239 e. The van der Waals surface area contributed by atoms with Crippen molar-refractivity contribution in [3.05, 3.63) is 0 Å². The first-order valence-corrected chi connectivity index (χ1v) is 5.18. The topological polar surface area (TPSA) is 58.4 Å². The van der Waals surface area contributed by atoms with E-state index in [4.69, 9.17) is 5.73 Å². The van der Waals surface area contributed by atoms with E-state index in [2.05, 4.69) is 17.3 Å². The molecule has 1 fully saturated rings. The summed E-state index contributed by atoms with van der Waals surface area (Å²) >= 11 is 0. The molecule has 1 amide bonds. The molecule has 14 heavy (non-hydrogen) atoms. The van der Waals surface area contributed by atoms with Crippen molar-refractivity contribution in [3.63, 3.8) is 0 Å². The normalized spacial score (nSPS) is 17.2. The van der Waals surface area contributed by atoms with Crippen LogP contribution >= 0.6 is 0 Å². The molecule has 0 bridgehead atoms. The van der Waals surface area contributed by atoms with Crippen LogP contribution in [0.3, 0.4) is 0 Å². The van der Waals surface area contributed by atoms with Crippen LogP contribution in [0.4, 0.5) is 0 Å². The maximum atomic E-state index is 11.4. The molecule has 0 atom stereocenters. The average Bonchev–Trinajstić information content (AvgIpc) is 2.84. The van der Waals surface area contributed by atoms with Gasteiger partial charge in [-0.25, -0.2) is 0 Å². The van der Waals surface area contributed by atoms with Crippen molar-refractivity contribution in [1.82, 2.24) is 10.2 Å². The summed E-state index contributed by atoms with van der Waals surface area (Å²) in [7, 11) is 2.09. The molecule has 0 aromatic carbocycles. The molecular formula is C10H21N3O. The molecule has 82 valence electrons. The van der Waals surface area contributed by atoms with Gasteiger partial charge in [-0.2, -0.15) is 0 Å². The van der Waals surface area contributed by atoms with E-state index >= 15 is 0 Å². The van der Waals surface area contributed by atoms with E-state index in [1.54, 1.807) is 13.8 Å². The summed E-state index contributed by atoms with van der Waals surface area (Å²) in [5.41, 5.74) is 4.88. The maximum absolute atomic E-state index is 11.4. The zero-order valence-electron chi connectivity index (χ0n) is 9.34. The molecular weight excluding hydrogens is 178 g/mol. The monoisotopic (exact) mass is 199 g/mol. The fourth-order valence-electron chi connectivity index (χ4n) is 1.27. The first-order valence-electron chi connectivity index (χ1n) is 5.18. The Labute approximate surface area is 85.8 Å². The third-order valence-corrected chi connectivity index (χ3v) is 2.51. The van der Waals surface area contributed by atoms with Crippen molar-refractivity contribution >= 4 is 5.91 Å². The molecule has 0 saturated heterocycles. The van der Waals surface area contributed by atoms with E-state index in [0.717, 1.165) is 12.6 Å². The quantitative estimate of drug-likeness (QED) is 0.652. The number of nitrogens with zero attached hydrogens (tertiary/aromatic N) is 1. The van der Waals surface area contributed by atoms with Gasteiger partial charge in [0.1, 0.15) is 0 Å². The Morgan fingerprint density at radius 1 is 1.57 bits per heavy atom. The van der Waals surface area contributed by atoms with Crippen LogP contribution in [0, 0.1) is 0 Å². The second-order valence-electron chi connectivity index (χ2n) is 4.69. The Morgan fingerprint density at radius 2 is 2.14 bits per heavy atom. The highest BCUT2D eigenvalue weighted by Gasteiger charge is 2.26. The average molecular weight is 199 g/mol. The Balaban J connectivity index is 2.11. The second kappa shape index (κ2) is 4.28. The van der Waals surface area contributed by atoms with E-state index in [1.807, 2.05) is 0 Å².